The van der Waals surface area contributed by atoms with E-state index in [4.69, 9.17) is 0 Å². The van der Waals surface area contributed by atoms with Gasteiger partial charge in [-0.1, -0.05) is 19.1 Å². The van der Waals surface area contributed by atoms with E-state index in [0.29, 0.717) is 0 Å². The molecule has 0 saturated heterocycles. The minimum Gasteiger partial charge on any atom is -0.310 e. The van der Waals surface area contributed by atoms with Crippen LogP contribution in [0.3, 0.4) is 0 Å². The van der Waals surface area contributed by atoms with Crippen LogP contribution >= 0.6 is 0 Å². The number of pyridine rings is 1. The molecule has 1 atom stereocenters. The normalized spacial score (nSPS) is 12.7. The standard InChI is InChI=1S/C17H20N4/c1-3-18-17(12-15-8-10-21(2)20-15)14-6-7-16-13(11-14)5-4-9-19-16/h4-11,17-18H,3,12H2,1-2H3. The van der Waals surface area contributed by atoms with Crippen LogP contribution in [0.15, 0.2) is 48.8 Å². The molecule has 0 spiro atoms. The van der Waals surface area contributed by atoms with E-state index < -0.39 is 0 Å². The topological polar surface area (TPSA) is 42.7 Å². The highest BCUT2D eigenvalue weighted by atomic mass is 15.2. The van der Waals surface area contributed by atoms with Crippen molar-refractivity contribution in [3.8, 4) is 0 Å². The number of aryl methyl sites for hydroxylation is 1. The minimum absolute atomic E-state index is 0.273. The molecule has 0 aliphatic heterocycles. The third kappa shape index (κ3) is 3.11. The number of nitrogens with one attached hydrogen (secondary N) is 1. The molecular formula is C17H20N4. The highest BCUT2D eigenvalue weighted by Crippen LogP contribution is 2.21. The quantitative estimate of drug-likeness (QED) is 0.781. The Bertz CT molecular complexity index is 732. The summed E-state index contributed by atoms with van der Waals surface area (Å²) in [6.45, 7) is 3.07. The molecule has 0 aliphatic carbocycles. The molecule has 3 aromatic rings. The molecule has 2 heterocycles. The number of aromatic nitrogens is 3. The van der Waals surface area contributed by atoms with E-state index in [1.54, 1.807) is 0 Å². The van der Waals surface area contributed by atoms with Gasteiger partial charge in [-0.25, -0.2) is 0 Å². The molecule has 108 valence electrons. The zero-order valence-corrected chi connectivity index (χ0v) is 12.5. The van der Waals surface area contributed by atoms with Crippen molar-refractivity contribution in [2.45, 2.75) is 19.4 Å². The van der Waals surface area contributed by atoms with Gasteiger partial charge < -0.3 is 5.32 Å². The molecule has 0 aliphatic rings. The predicted molar refractivity (Wildman–Crippen MR) is 85.1 cm³/mol. The maximum atomic E-state index is 4.48. The van der Waals surface area contributed by atoms with Crippen molar-refractivity contribution in [1.82, 2.24) is 20.1 Å². The number of rotatable bonds is 5. The maximum absolute atomic E-state index is 4.48. The molecule has 0 radical (unpaired) electrons. The average molecular weight is 280 g/mol. The van der Waals surface area contributed by atoms with Gasteiger partial charge in [0.25, 0.3) is 0 Å². The summed E-state index contributed by atoms with van der Waals surface area (Å²) in [5.74, 6) is 0. The molecule has 0 fully saturated rings. The first-order valence-electron chi connectivity index (χ1n) is 7.33. The number of likely N-dealkylation sites (N-methyl/N-ethyl adjacent to an activating group) is 1. The average Bonchev–Trinajstić information content (AvgIpc) is 2.91. The third-order valence-corrected chi connectivity index (χ3v) is 3.66. The molecule has 2 aromatic heterocycles. The number of benzene rings is 1. The van der Waals surface area contributed by atoms with Crippen LogP contribution in [0.4, 0.5) is 0 Å². The summed E-state index contributed by atoms with van der Waals surface area (Å²) in [6.07, 6.45) is 4.71. The van der Waals surface area contributed by atoms with Crippen LogP contribution in [0.5, 0.6) is 0 Å². The first-order chi connectivity index (χ1) is 10.3. The number of hydrogen-bond donors (Lipinski definition) is 1. The maximum Gasteiger partial charge on any atom is 0.0702 e. The van der Waals surface area contributed by atoms with Gasteiger partial charge in [0.2, 0.25) is 0 Å². The Morgan fingerprint density at radius 2 is 2.14 bits per heavy atom. The van der Waals surface area contributed by atoms with Crippen molar-refractivity contribution in [2.75, 3.05) is 6.54 Å². The molecule has 4 nitrogen and oxygen atoms in total. The predicted octanol–water partition coefficient (Wildman–Crippen LogP) is 2.86. The summed E-state index contributed by atoms with van der Waals surface area (Å²) in [5, 5.41) is 9.22. The Morgan fingerprint density at radius 3 is 2.90 bits per heavy atom. The Morgan fingerprint density at radius 1 is 1.24 bits per heavy atom. The summed E-state index contributed by atoms with van der Waals surface area (Å²) < 4.78 is 1.85. The molecule has 3 rings (SSSR count). The van der Waals surface area contributed by atoms with Crippen molar-refractivity contribution in [1.29, 1.82) is 0 Å². The van der Waals surface area contributed by atoms with Crippen molar-refractivity contribution in [2.24, 2.45) is 7.05 Å². The molecule has 0 bridgehead atoms. The molecule has 1 aromatic carbocycles. The smallest absolute Gasteiger partial charge is 0.0702 e. The molecule has 21 heavy (non-hydrogen) atoms. The summed E-state index contributed by atoms with van der Waals surface area (Å²) >= 11 is 0. The van der Waals surface area contributed by atoms with Crippen LogP contribution in [-0.4, -0.2) is 21.3 Å². The van der Waals surface area contributed by atoms with Crippen LogP contribution < -0.4 is 5.32 Å². The van der Waals surface area contributed by atoms with Crippen molar-refractivity contribution >= 4 is 10.9 Å². The van der Waals surface area contributed by atoms with Crippen LogP contribution in [0, 0.1) is 0 Å². The summed E-state index contributed by atoms with van der Waals surface area (Å²) in [6, 6.07) is 12.9. The Hall–Kier alpha value is -2.20. The van der Waals surface area contributed by atoms with Gasteiger partial charge >= 0.3 is 0 Å². The van der Waals surface area contributed by atoms with Gasteiger partial charge in [0.15, 0.2) is 0 Å². The SMILES string of the molecule is CCNC(Cc1ccn(C)n1)c1ccc2ncccc2c1. The molecule has 0 saturated carbocycles. The molecular weight excluding hydrogens is 260 g/mol. The zero-order chi connectivity index (χ0) is 14.7. The van der Waals surface area contributed by atoms with Crippen molar-refractivity contribution in [3.05, 3.63) is 60.0 Å². The van der Waals surface area contributed by atoms with E-state index in [1.165, 1.54) is 10.9 Å². The third-order valence-electron chi connectivity index (χ3n) is 3.66. The van der Waals surface area contributed by atoms with Crippen LogP contribution in [0.25, 0.3) is 10.9 Å². The number of hydrogen-bond acceptors (Lipinski definition) is 3. The first-order valence-corrected chi connectivity index (χ1v) is 7.33. The fraction of sp³-hybridized carbons (Fsp3) is 0.294. The van der Waals surface area contributed by atoms with E-state index in [-0.39, 0.29) is 6.04 Å². The second-order valence-corrected chi connectivity index (χ2v) is 5.25. The summed E-state index contributed by atoms with van der Waals surface area (Å²) in [7, 11) is 1.95. The highest BCUT2D eigenvalue weighted by Gasteiger charge is 2.13. The minimum atomic E-state index is 0.273. The van der Waals surface area contributed by atoms with Crippen molar-refractivity contribution < 1.29 is 0 Å². The lowest BCUT2D eigenvalue weighted by molar-refractivity contribution is 0.540. The van der Waals surface area contributed by atoms with E-state index in [1.807, 2.05) is 30.2 Å². The molecule has 4 heteroatoms. The fourth-order valence-corrected chi connectivity index (χ4v) is 2.65. The van der Waals surface area contributed by atoms with Crippen LogP contribution in [-0.2, 0) is 13.5 Å². The Kier molecular flexibility index (Phi) is 3.97. The molecule has 1 N–H and O–H groups in total. The fourth-order valence-electron chi connectivity index (χ4n) is 2.65. The van der Waals surface area contributed by atoms with Gasteiger partial charge in [-0.15, -0.1) is 0 Å². The van der Waals surface area contributed by atoms with Gasteiger partial charge in [-0.2, -0.15) is 5.10 Å². The van der Waals surface area contributed by atoms with E-state index in [9.17, 15) is 0 Å². The van der Waals surface area contributed by atoms with E-state index in [2.05, 4.69) is 52.7 Å². The lowest BCUT2D eigenvalue weighted by Crippen LogP contribution is -2.23. The Balaban J connectivity index is 1.90. The second-order valence-electron chi connectivity index (χ2n) is 5.25. The zero-order valence-electron chi connectivity index (χ0n) is 12.5. The first kappa shape index (κ1) is 13.8. The van der Waals surface area contributed by atoms with Gasteiger partial charge in [0.1, 0.15) is 0 Å². The van der Waals surface area contributed by atoms with Crippen LogP contribution in [0.2, 0.25) is 0 Å². The van der Waals surface area contributed by atoms with Crippen molar-refractivity contribution in [3.63, 3.8) is 0 Å². The van der Waals surface area contributed by atoms with E-state index >= 15 is 0 Å². The second kappa shape index (κ2) is 6.06. The summed E-state index contributed by atoms with van der Waals surface area (Å²) in [5.41, 5.74) is 3.42. The molecule has 0 amide bonds. The van der Waals surface area contributed by atoms with Gasteiger partial charge in [-0.3, -0.25) is 9.67 Å². The van der Waals surface area contributed by atoms with Crippen LogP contribution in [0.1, 0.15) is 24.2 Å². The largest absolute Gasteiger partial charge is 0.310 e. The van der Waals surface area contributed by atoms with Gasteiger partial charge in [0.05, 0.1) is 11.2 Å². The lowest BCUT2D eigenvalue weighted by Gasteiger charge is -2.18. The van der Waals surface area contributed by atoms with Gasteiger partial charge in [0, 0.05) is 37.3 Å². The highest BCUT2D eigenvalue weighted by molar-refractivity contribution is 5.79. The van der Waals surface area contributed by atoms with Gasteiger partial charge in [-0.05, 0) is 36.4 Å². The monoisotopic (exact) mass is 280 g/mol. The number of fused-ring (bicyclic) bond motifs is 1. The van der Waals surface area contributed by atoms with E-state index in [0.717, 1.165) is 24.2 Å². The molecule has 1 unspecified atom stereocenters. The Labute approximate surface area is 124 Å². The number of nitrogens with zero attached hydrogens (tertiary/aromatic N) is 3. The summed E-state index contributed by atoms with van der Waals surface area (Å²) in [4.78, 5) is 4.38. The lowest BCUT2D eigenvalue weighted by atomic mass is 10.00.